The Kier molecular flexibility index (Phi) is 3.35. The Hall–Kier alpha value is -2.50. The van der Waals surface area contributed by atoms with Gasteiger partial charge in [0.15, 0.2) is 0 Å². The summed E-state index contributed by atoms with van der Waals surface area (Å²) >= 11 is 0. The molecule has 1 aromatic carbocycles. The molecule has 3 rings (SSSR count). The molecule has 0 fully saturated rings. The number of rotatable bonds is 1. The fourth-order valence-corrected chi connectivity index (χ4v) is 3.08. The standard InChI is InChI=1S/C17H22N4O2/c1-9(2)21-13-8-11(4)10(3)7-12(13)19(5)15-14(21)16(22)20(6)17(23)18-15/h7-9H,1-6H3,(H,18,23). The first-order valence-corrected chi connectivity index (χ1v) is 7.71. The number of aryl methyl sites for hydroxylation is 2. The van der Waals surface area contributed by atoms with Crippen molar-refractivity contribution in [3.05, 3.63) is 44.1 Å². The minimum atomic E-state index is -0.406. The van der Waals surface area contributed by atoms with Gasteiger partial charge < -0.3 is 9.80 Å². The molecule has 6 heteroatoms. The summed E-state index contributed by atoms with van der Waals surface area (Å²) in [7, 11) is 3.37. The number of H-pyrrole nitrogens is 1. The number of aromatic nitrogens is 2. The molecule has 122 valence electrons. The van der Waals surface area contributed by atoms with Crippen molar-refractivity contribution in [1.82, 2.24) is 9.55 Å². The smallest absolute Gasteiger partial charge is 0.329 e. The van der Waals surface area contributed by atoms with Crippen molar-refractivity contribution >= 4 is 22.9 Å². The van der Waals surface area contributed by atoms with E-state index in [1.807, 2.05) is 30.7 Å². The van der Waals surface area contributed by atoms with Gasteiger partial charge in [0.05, 0.1) is 11.4 Å². The van der Waals surface area contributed by atoms with Crippen LogP contribution in [0.4, 0.5) is 22.9 Å². The number of nitrogens with zero attached hydrogens (tertiary/aromatic N) is 3. The maximum Gasteiger partial charge on any atom is 0.329 e. The summed E-state index contributed by atoms with van der Waals surface area (Å²) in [5.74, 6) is 0.544. The van der Waals surface area contributed by atoms with Gasteiger partial charge >= 0.3 is 5.69 Å². The van der Waals surface area contributed by atoms with Gasteiger partial charge in [-0.15, -0.1) is 0 Å². The summed E-state index contributed by atoms with van der Waals surface area (Å²) in [6.07, 6.45) is 0. The second kappa shape index (κ2) is 5.01. The highest BCUT2D eigenvalue weighted by Gasteiger charge is 2.32. The van der Waals surface area contributed by atoms with Crippen LogP contribution < -0.4 is 21.0 Å². The van der Waals surface area contributed by atoms with Gasteiger partial charge in [-0.3, -0.25) is 14.3 Å². The summed E-state index contributed by atoms with van der Waals surface area (Å²) < 4.78 is 1.12. The molecule has 0 radical (unpaired) electrons. The lowest BCUT2D eigenvalue weighted by Gasteiger charge is -2.40. The van der Waals surface area contributed by atoms with E-state index >= 15 is 0 Å². The third-order valence-corrected chi connectivity index (χ3v) is 4.57. The molecule has 0 unspecified atom stereocenters. The number of fused-ring (bicyclic) bond motifs is 2. The predicted octanol–water partition coefficient (Wildman–Crippen LogP) is 2.32. The molecule has 0 atom stereocenters. The summed E-state index contributed by atoms with van der Waals surface area (Å²) in [6.45, 7) is 8.21. The highest BCUT2D eigenvalue weighted by Crippen LogP contribution is 2.46. The molecule has 1 aliphatic heterocycles. The summed E-state index contributed by atoms with van der Waals surface area (Å²) in [5, 5.41) is 0. The van der Waals surface area contributed by atoms with E-state index in [1.165, 1.54) is 18.2 Å². The van der Waals surface area contributed by atoms with Crippen LogP contribution in [0.25, 0.3) is 0 Å². The Morgan fingerprint density at radius 3 is 2.13 bits per heavy atom. The van der Waals surface area contributed by atoms with Crippen LogP contribution in [-0.4, -0.2) is 22.6 Å². The topological polar surface area (TPSA) is 61.3 Å². The van der Waals surface area contributed by atoms with E-state index in [0.717, 1.165) is 15.9 Å². The minimum Gasteiger partial charge on any atom is -0.330 e. The molecule has 0 aliphatic carbocycles. The van der Waals surface area contributed by atoms with E-state index in [2.05, 4.69) is 31.0 Å². The Bertz CT molecular complexity index is 908. The number of aromatic amines is 1. The molecular formula is C17H22N4O2. The highest BCUT2D eigenvalue weighted by atomic mass is 16.2. The quantitative estimate of drug-likeness (QED) is 0.877. The Morgan fingerprint density at radius 2 is 1.57 bits per heavy atom. The van der Waals surface area contributed by atoms with Crippen molar-refractivity contribution in [3.8, 4) is 0 Å². The van der Waals surface area contributed by atoms with Gasteiger partial charge in [-0.2, -0.15) is 0 Å². The van der Waals surface area contributed by atoms with Crippen LogP contribution in [0, 0.1) is 13.8 Å². The molecule has 2 aromatic rings. The van der Waals surface area contributed by atoms with Crippen molar-refractivity contribution in [1.29, 1.82) is 0 Å². The second-order valence-electron chi connectivity index (χ2n) is 6.44. The van der Waals surface area contributed by atoms with Gasteiger partial charge in [0.1, 0.15) is 11.5 Å². The van der Waals surface area contributed by atoms with E-state index in [4.69, 9.17) is 0 Å². The Balaban J connectivity index is 2.43. The average Bonchev–Trinajstić information content (AvgIpc) is 2.48. The van der Waals surface area contributed by atoms with Crippen molar-refractivity contribution in [2.45, 2.75) is 33.7 Å². The van der Waals surface area contributed by atoms with Crippen LogP contribution in [-0.2, 0) is 7.05 Å². The first-order valence-electron chi connectivity index (χ1n) is 7.71. The molecule has 23 heavy (non-hydrogen) atoms. The van der Waals surface area contributed by atoms with Crippen LogP contribution >= 0.6 is 0 Å². The lowest BCUT2D eigenvalue weighted by atomic mass is 10.0. The maximum absolute atomic E-state index is 12.7. The van der Waals surface area contributed by atoms with Crippen LogP contribution in [0.1, 0.15) is 25.0 Å². The van der Waals surface area contributed by atoms with E-state index in [0.29, 0.717) is 11.5 Å². The molecule has 1 aromatic heterocycles. The number of hydrogen-bond donors (Lipinski definition) is 1. The van der Waals surface area contributed by atoms with Crippen LogP contribution in [0.2, 0.25) is 0 Å². The second-order valence-corrected chi connectivity index (χ2v) is 6.44. The first kappa shape index (κ1) is 15.4. The van der Waals surface area contributed by atoms with Crippen molar-refractivity contribution in [2.75, 3.05) is 16.8 Å². The largest absolute Gasteiger partial charge is 0.330 e. The van der Waals surface area contributed by atoms with Gasteiger partial charge in [0.25, 0.3) is 5.56 Å². The average molecular weight is 314 g/mol. The molecule has 0 amide bonds. The lowest BCUT2D eigenvalue weighted by Crippen LogP contribution is -2.43. The van der Waals surface area contributed by atoms with Gasteiger partial charge in [-0.05, 0) is 51.0 Å². The van der Waals surface area contributed by atoms with E-state index in [9.17, 15) is 9.59 Å². The summed E-state index contributed by atoms with van der Waals surface area (Å²) in [6, 6.07) is 4.29. The molecule has 0 saturated carbocycles. The molecule has 0 spiro atoms. The third kappa shape index (κ3) is 2.09. The molecule has 0 bridgehead atoms. The number of hydrogen-bond acceptors (Lipinski definition) is 4. The van der Waals surface area contributed by atoms with E-state index in [-0.39, 0.29) is 11.6 Å². The molecule has 1 aliphatic rings. The van der Waals surface area contributed by atoms with Crippen molar-refractivity contribution < 1.29 is 0 Å². The number of anilines is 4. The van der Waals surface area contributed by atoms with Crippen LogP contribution in [0.3, 0.4) is 0 Å². The molecule has 0 saturated heterocycles. The zero-order chi connectivity index (χ0) is 17.0. The fourth-order valence-electron chi connectivity index (χ4n) is 3.08. The molecule has 2 heterocycles. The van der Waals surface area contributed by atoms with Crippen molar-refractivity contribution in [3.63, 3.8) is 0 Å². The highest BCUT2D eigenvalue weighted by molar-refractivity contribution is 5.91. The molecule has 6 nitrogen and oxygen atoms in total. The molecule has 1 N–H and O–H groups in total. The van der Waals surface area contributed by atoms with Gasteiger partial charge in [-0.1, -0.05) is 0 Å². The Morgan fingerprint density at radius 1 is 1.00 bits per heavy atom. The van der Waals surface area contributed by atoms with Gasteiger partial charge in [-0.25, -0.2) is 4.79 Å². The van der Waals surface area contributed by atoms with E-state index in [1.54, 1.807) is 0 Å². The predicted molar refractivity (Wildman–Crippen MR) is 93.6 cm³/mol. The minimum absolute atomic E-state index is 0.0851. The van der Waals surface area contributed by atoms with Crippen molar-refractivity contribution in [2.24, 2.45) is 7.05 Å². The number of nitrogens with one attached hydrogen (secondary N) is 1. The normalized spacial score (nSPS) is 13.3. The molecular weight excluding hydrogens is 292 g/mol. The SMILES string of the molecule is Cc1cc2c(cc1C)N(C(C)C)c1c([nH]c(=O)n(C)c1=O)N2C. The maximum atomic E-state index is 12.7. The third-order valence-electron chi connectivity index (χ3n) is 4.57. The number of benzene rings is 1. The fraction of sp³-hybridized carbons (Fsp3) is 0.412. The monoisotopic (exact) mass is 314 g/mol. The zero-order valence-corrected chi connectivity index (χ0v) is 14.4. The van der Waals surface area contributed by atoms with Crippen LogP contribution in [0.15, 0.2) is 21.7 Å². The zero-order valence-electron chi connectivity index (χ0n) is 14.4. The summed E-state index contributed by atoms with van der Waals surface area (Å²) in [5.41, 5.74) is 4.15. The Labute approximate surface area is 135 Å². The summed E-state index contributed by atoms with van der Waals surface area (Å²) in [4.78, 5) is 31.5. The lowest BCUT2D eigenvalue weighted by molar-refractivity contribution is 0.726. The van der Waals surface area contributed by atoms with Gasteiger partial charge in [0, 0.05) is 20.1 Å². The van der Waals surface area contributed by atoms with Crippen LogP contribution in [0.5, 0.6) is 0 Å². The van der Waals surface area contributed by atoms with E-state index < -0.39 is 5.69 Å². The van der Waals surface area contributed by atoms with Gasteiger partial charge in [0.2, 0.25) is 0 Å². The first-order chi connectivity index (χ1) is 10.7.